The second-order valence-corrected chi connectivity index (χ2v) is 6.02. The molecular formula is C19H18ClNO3. The van der Waals surface area contributed by atoms with Crippen LogP contribution in [0.2, 0.25) is 5.02 Å². The van der Waals surface area contributed by atoms with Gasteiger partial charge in [0.1, 0.15) is 5.75 Å². The van der Waals surface area contributed by atoms with Crippen molar-refractivity contribution in [1.29, 1.82) is 0 Å². The fraction of sp³-hybridized carbons (Fsp3) is 0.211. The van der Waals surface area contributed by atoms with Gasteiger partial charge in [0.25, 0.3) is 0 Å². The third-order valence-electron chi connectivity index (χ3n) is 4.17. The number of carboxylic acids is 1. The van der Waals surface area contributed by atoms with Crippen LogP contribution in [0.1, 0.15) is 18.1 Å². The Morgan fingerprint density at radius 3 is 2.75 bits per heavy atom. The van der Waals surface area contributed by atoms with Crippen LogP contribution in [0.4, 0.5) is 0 Å². The Bertz CT molecular complexity index is 914. The fourth-order valence-corrected chi connectivity index (χ4v) is 3.24. The Morgan fingerprint density at radius 1 is 1.29 bits per heavy atom. The molecule has 1 aromatic heterocycles. The predicted octanol–water partition coefficient (Wildman–Crippen LogP) is 4.69. The molecule has 0 unspecified atom stereocenters. The van der Waals surface area contributed by atoms with Gasteiger partial charge in [-0.25, -0.2) is 0 Å². The molecule has 2 aromatic carbocycles. The Kier molecular flexibility index (Phi) is 4.49. The third kappa shape index (κ3) is 2.85. The van der Waals surface area contributed by atoms with E-state index in [4.69, 9.17) is 16.3 Å². The number of halogens is 1. The number of para-hydroxylation sites is 1. The number of fused-ring (bicyclic) bond motifs is 1. The van der Waals surface area contributed by atoms with E-state index >= 15 is 0 Å². The third-order valence-corrected chi connectivity index (χ3v) is 4.40. The molecule has 3 aromatic rings. The molecule has 1 heterocycles. The predicted molar refractivity (Wildman–Crippen MR) is 96.0 cm³/mol. The van der Waals surface area contributed by atoms with Crippen molar-refractivity contribution < 1.29 is 14.6 Å². The van der Waals surface area contributed by atoms with Gasteiger partial charge in [-0.1, -0.05) is 36.7 Å². The maximum absolute atomic E-state index is 11.4. The zero-order valence-electron chi connectivity index (χ0n) is 13.5. The summed E-state index contributed by atoms with van der Waals surface area (Å²) < 4.78 is 5.44. The number of carbonyl (C=O) groups is 1. The molecule has 0 fully saturated rings. The van der Waals surface area contributed by atoms with Crippen molar-refractivity contribution in [3.05, 3.63) is 52.5 Å². The highest BCUT2D eigenvalue weighted by molar-refractivity contribution is 6.31. The normalized spacial score (nSPS) is 11.0. The standard InChI is InChI=1S/C19H18ClNO3/c1-3-11-5-4-6-13-14(10-17(22)23)19(21-18(11)13)15-9-12(20)7-8-16(15)24-2/h4-9,21H,3,10H2,1-2H3,(H,22,23). The second kappa shape index (κ2) is 6.57. The molecule has 0 spiro atoms. The Labute approximate surface area is 145 Å². The van der Waals surface area contributed by atoms with Crippen molar-refractivity contribution in [2.24, 2.45) is 0 Å². The van der Waals surface area contributed by atoms with Crippen molar-refractivity contribution >= 4 is 28.5 Å². The Morgan fingerprint density at radius 2 is 2.08 bits per heavy atom. The molecule has 0 radical (unpaired) electrons. The van der Waals surface area contributed by atoms with Crippen molar-refractivity contribution in [2.75, 3.05) is 7.11 Å². The molecule has 0 amide bonds. The molecule has 0 saturated heterocycles. The van der Waals surface area contributed by atoms with Gasteiger partial charge in [0, 0.05) is 21.5 Å². The van der Waals surface area contributed by atoms with Crippen LogP contribution in [0.25, 0.3) is 22.2 Å². The van der Waals surface area contributed by atoms with E-state index in [0.717, 1.165) is 39.7 Å². The lowest BCUT2D eigenvalue weighted by molar-refractivity contribution is -0.136. The van der Waals surface area contributed by atoms with Crippen LogP contribution in [-0.4, -0.2) is 23.2 Å². The monoisotopic (exact) mass is 343 g/mol. The molecule has 0 atom stereocenters. The van der Waals surface area contributed by atoms with Gasteiger partial charge in [-0.3, -0.25) is 4.79 Å². The summed E-state index contributed by atoms with van der Waals surface area (Å²) >= 11 is 6.15. The summed E-state index contributed by atoms with van der Waals surface area (Å²) in [6.45, 7) is 2.08. The van der Waals surface area contributed by atoms with Gasteiger partial charge in [0.15, 0.2) is 0 Å². The smallest absolute Gasteiger partial charge is 0.307 e. The molecule has 4 nitrogen and oxygen atoms in total. The minimum Gasteiger partial charge on any atom is -0.496 e. The summed E-state index contributed by atoms with van der Waals surface area (Å²) in [5, 5.41) is 10.8. The van der Waals surface area contributed by atoms with E-state index in [9.17, 15) is 9.90 Å². The summed E-state index contributed by atoms with van der Waals surface area (Å²) in [4.78, 5) is 14.8. The van der Waals surface area contributed by atoms with E-state index in [1.165, 1.54) is 0 Å². The SMILES string of the molecule is CCc1cccc2c(CC(=O)O)c(-c3cc(Cl)ccc3OC)[nH]c12. The van der Waals surface area contributed by atoms with Crippen LogP contribution in [-0.2, 0) is 17.6 Å². The summed E-state index contributed by atoms with van der Waals surface area (Å²) in [7, 11) is 1.59. The van der Waals surface area contributed by atoms with Gasteiger partial charge in [-0.05, 0) is 35.7 Å². The number of rotatable bonds is 5. The molecule has 24 heavy (non-hydrogen) atoms. The first-order valence-electron chi connectivity index (χ1n) is 7.73. The first-order chi connectivity index (χ1) is 11.5. The Balaban J connectivity index is 2.35. The zero-order valence-corrected chi connectivity index (χ0v) is 14.3. The van der Waals surface area contributed by atoms with Crippen LogP contribution in [0.3, 0.4) is 0 Å². The average Bonchev–Trinajstić information content (AvgIpc) is 2.92. The van der Waals surface area contributed by atoms with E-state index in [1.54, 1.807) is 25.3 Å². The number of hydrogen-bond donors (Lipinski definition) is 2. The lowest BCUT2D eigenvalue weighted by atomic mass is 10.0. The largest absolute Gasteiger partial charge is 0.496 e. The van der Waals surface area contributed by atoms with E-state index < -0.39 is 5.97 Å². The molecule has 2 N–H and O–H groups in total. The van der Waals surface area contributed by atoms with Crippen LogP contribution >= 0.6 is 11.6 Å². The number of aromatic nitrogens is 1. The first-order valence-corrected chi connectivity index (χ1v) is 8.11. The molecular weight excluding hydrogens is 326 g/mol. The topological polar surface area (TPSA) is 62.3 Å². The molecule has 0 aliphatic heterocycles. The van der Waals surface area contributed by atoms with Gasteiger partial charge in [0.05, 0.1) is 19.2 Å². The molecule has 124 valence electrons. The number of nitrogens with one attached hydrogen (secondary N) is 1. The van der Waals surface area contributed by atoms with Crippen molar-refractivity contribution in [1.82, 2.24) is 4.98 Å². The average molecular weight is 344 g/mol. The molecule has 0 aliphatic rings. The highest BCUT2D eigenvalue weighted by Crippen LogP contribution is 2.38. The van der Waals surface area contributed by atoms with Gasteiger partial charge in [-0.15, -0.1) is 0 Å². The molecule has 3 rings (SSSR count). The van der Waals surface area contributed by atoms with E-state index in [1.807, 2.05) is 18.2 Å². The van der Waals surface area contributed by atoms with E-state index in [0.29, 0.717) is 10.8 Å². The number of aryl methyl sites for hydroxylation is 1. The maximum atomic E-state index is 11.4. The molecule has 0 bridgehead atoms. The second-order valence-electron chi connectivity index (χ2n) is 5.59. The van der Waals surface area contributed by atoms with Gasteiger partial charge < -0.3 is 14.8 Å². The number of aromatic amines is 1. The van der Waals surface area contributed by atoms with Crippen molar-refractivity contribution in [3.8, 4) is 17.0 Å². The zero-order chi connectivity index (χ0) is 17.3. The number of benzene rings is 2. The van der Waals surface area contributed by atoms with E-state index in [-0.39, 0.29) is 6.42 Å². The number of carboxylic acid groups (broad SMARTS) is 1. The van der Waals surface area contributed by atoms with Gasteiger partial charge >= 0.3 is 5.97 Å². The maximum Gasteiger partial charge on any atom is 0.307 e. The number of methoxy groups -OCH3 is 1. The van der Waals surface area contributed by atoms with Crippen LogP contribution in [0.5, 0.6) is 5.75 Å². The number of H-pyrrole nitrogens is 1. The lowest BCUT2D eigenvalue weighted by Crippen LogP contribution is -2.01. The van der Waals surface area contributed by atoms with Crippen molar-refractivity contribution in [3.63, 3.8) is 0 Å². The highest BCUT2D eigenvalue weighted by atomic mass is 35.5. The van der Waals surface area contributed by atoms with Crippen LogP contribution in [0.15, 0.2) is 36.4 Å². The molecule has 0 saturated carbocycles. The minimum absolute atomic E-state index is 0.0713. The van der Waals surface area contributed by atoms with Gasteiger partial charge in [0.2, 0.25) is 0 Å². The van der Waals surface area contributed by atoms with Crippen molar-refractivity contribution in [2.45, 2.75) is 19.8 Å². The van der Waals surface area contributed by atoms with Crippen LogP contribution < -0.4 is 4.74 Å². The first kappa shape index (κ1) is 16.4. The summed E-state index contributed by atoms with van der Waals surface area (Å²) in [6, 6.07) is 11.3. The van der Waals surface area contributed by atoms with Gasteiger partial charge in [-0.2, -0.15) is 0 Å². The molecule has 5 heteroatoms. The fourth-order valence-electron chi connectivity index (χ4n) is 3.07. The highest BCUT2D eigenvalue weighted by Gasteiger charge is 2.19. The number of aliphatic carboxylic acids is 1. The minimum atomic E-state index is -0.875. The molecule has 0 aliphatic carbocycles. The summed E-state index contributed by atoms with van der Waals surface area (Å²) in [5.41, 5.74) is 4.36. The summed E-state index contributed by atoms with van der Waals surface area (Å²) in [5.74, 6) is -0.226. The van der Waals surface area contributed by atoms with E-state index in [2.05, 4.69) is 11.9 Å². The lowest BCUT2D eigenvalue weighted by Gasteiger charge is -2.09. The summed E-state index contributed by atoms with van der Waals surface area (Å²) in [6.07, 6.45) is 0.786. The quantitative estimate of drug-likeness (QED) is 0.706. The Hall–Kier alpha value is -2.46. The number of ether oxygens (including phenoxy) is 1. The number of hydrogen-bond acceptors (Lipinski definition) is 2. The van der Waals surface area contributed by atoms with Crippen LogP contribution in [0, 0.1) is 0 Å².